The maximum atomic E-state index is 10.9. The smallest absolute Gasteiger partial charge is 0.270 e. The molecule has 2 aromatic rings. The van der Waals surface area contributed by atoms with E-state index in [1.165, 1.54) is 25.0 Å². The summed E-state index contributed by atoms with van der Waals surface area (Å²) in [6.45, 7) is 3.83. The van der Waals surface area contributed by atoms with Crippen molar-refractivity contribution in [1.29, 1.82) is 0 Å². The van der Waals surface area contributed by atoms with Crippen molar-refractivity contribution >= 4 is 35.8 Å². The van der Waals surface area contributed by atoms with E-state index in [2.05, 4.69) is 30.3 Å². The zero-order chi connectivity index (χ0) is 22.2. The fourth-order valence-corrected chi connectivity index (χ4v) is 3.91. The number of non-ortho nitro benzene ring substituents is 1. The summed E-state index contributed by atoms with van der Waals surface area (Å²) in [6, 6.07) is 6.43. The topological polar surface area (TPSA) is 113 Å². The maximum absolute atomic E-state index is 10.9. The largest absolute Gasteiger partial charge is 0.341 e. The number of anilines is 3. The predicted molar refractivity (Wildman–Crippen MR) is 126 cm³/mol. The maximum Gasteiger partial charge on any atom is 0.270 e. The first-order chi connectivity index (χ1) is 15.7. The molecule has 2 aliphatic rings. The van der Waals surface area contributed by atoms with Gasteiger partial charge in [0.2, 0.25) is 17.8 Å². The molecule has 32 heavy (non-hydrogen) atoms. The molecule has 0 spiro atoms. The molecule has 2 fully saturated rings. The highest BCUT2D eigenvalue weighted by Crippen LogP contribution is 2.22. The molecular formula is C22H28N8O2. The van der Waals surface area contributed by atoms with E-state index in [0.717, 1.165) is 57.4 Å². The van der Waals surface area contributed by atoms with E-state index >= 15 is 0 Å². The summed E-state index contributed by atoms with van der Waals surface area (Å²) in [7, 11) is 0. The quantitative estimate of drug-likeness (QED) is 0.395. The van der Waals surface area contributed by atoms with Gasteiger partial charge in [0.25, 0.3) is 5.69 Å². The highest BCUT2D eigenvalue weighted by atomic mass is 16.6. The van der Waals surface area contributed by atoms with Gasteiger partial charge in [0.1, 0.15) is 0 Å². The molecule has 1 N–H and O–H groups in total. The van der Waals surface area contributed by atoms with Crippen molar-refractivity contribution in [3.05, 3.63) is 46.0 Å². The zero-order valence-electron chi connectivity index (χ0n) is 18.1. The van der Waals surface area contributed by atoms with Crippen molar-refractivity contribution in [1.82, 2.24) is 15.0 Å². The van der Waals surface area contributed by atoms with E-state index in [1.807, 2.05) is 0 Å². The Morgan fingerprint density at radius 2 is 1.56 bits per heavy atom. The Kier molecular flexibility index (Phi) is 7.21. The summed E-state index contributed by atoms with van der Waals surface area (Å²) in [6.07, 6.45) is 12.1. The van der Waals surface area contributed by atoms with Crippen molar-refractivity contribution in [2.45, 2.75) is 38.5 Å². The molecule has 0 radical (unpaired) electrons. The van der Waals surface area contributed by atoms with Gasteiger partial charge < -0.3 is 9.80 Å². The highest BCUT2D eigenvalue weighted by Gasteiger charge is 2.20. The van der Waals surface area contributed by atoms with Crippen LogP contribution in [0.1, 0.15) is 44.1 Å². The first kappa shape index (κ1) is 21.7. The Morgan fingerprint density at radius 1 is 0.938 bits per heavy atom. The summed E-state index contributed by atoms with van der Waals surface area (Å²) in [4.78, 5) is 28.9. The molecule has 0 amide bonds. The van der Waals surface area contributed by atoms with Crippen LogP contribution in [0.15, 0.2) is 35.4 Å². The number of allylic oxidation sites excluding steroid dienone is 1. The SMILES string of the molecule is O=[N+]([O-])c1cccc(C=CC=NNc2nc(N3CCCCC3)nc(N3CCCCC3)n2)c1. The monoisotopic (exact) mass is 436 g/mol. The van der Waals surface area contributed by atoms with Crippen LogP contribution in [0, 0.1) is 10.1 Å². The third-order valence-electron chi connectivity index (χ3n) is 5.58. The van der Waals surface area contributed by atoms with Crippen molar-refractivity contribution in [2.24, 2.45) is 5.10 Å². The third-order valence-corrected chi connectivity index (χ3v) is 5.58. The molecule has 0 saturated carbocycles. The number of nitrogens with one attached hydrogen (secondary N) is 1. The molecule has 10 nitrogen and oxygen atoms in total. The van der Waals surface area contributed by atoms with Gasteiger partial charge in [0.15, 0.2) is 0 Å². The Balaban J connectivity index is 1.46. The van der Waals surface area contributed by atoms with Crippen molar-refractivity contribution in [3.8, 4) is 0 Å². The molecule has 2 aliphatic heterocycles. The number of hydrogen-bond acceptors (Lipinski definition) is 9. The third kappa shape index (κ3) is 5.77. The minimum Gasteiger partial charge on any atom is -0.341 e. The number of nitrogens with zero attached hydrogens (tertiary/aromatic N) is 7. The second kappa shape index (κ2) is 10.7. The number of piperidine rings is 2. The van der Waals surface area contributed by atoms with Crippen LogP contribution < -0.4 is 15.2 Å². The van der Waals surface area contributed by atoms with Crippen LogP contribution in [0.4, 0.5) is 23.5 Å². The number of aromatic nitrogens is 3. The Bertz CT molecular complexity index is 945. The first-order valence-corrected chi connectivity index (χ1v) is 11.2. The fraction of sp³-hybridized carbons (Fsp3) is 0.455. The lowest BCUT2D eigenvalue weighted by Gasteiger charge is -2.30. The number of nitro benzene ring substituents is 1. The lowest BCUT2D eigenvalue weighted by Crippen LogP contribution is -2.34. The van der Waals surface area contributed by atoms with Crippen molar-refractivity contribution in [3.63, 3.8) is 0 Å². The van der Waals surface area contributed by atoms with Crippen LogP contribution in [0.25, 0.3) is 6.08 Å². The summed E-state index contributed by atoms with van der Waals surface area (Å²) in [5.74, 6) is 1.82. The molecule has 0 bridgehead atoms. The van der Waals surface area contributed by atoms with Gasteiger partial charge in [-0.25, -0.2) is 5.43 Å². The van der Waals surface area contributed by atoms with Gasteiger partial charge in [-0.1, -0.05) is 18.2 Å². The van der Waals surface area contributed by atoms with E-state index in [9.17, 15) is 10.1 Å². The van der Waals surface area contributed by atoms with E-state index in [4.69, 9.17) is 4.98 Å². The molecule has 0 aliphatic carbocycles. The summed E-state index contributed by atoms with van der Waals surface area (Å²) in [5.41, 5.74) is 3.70. The molecule has 1 aromatic heterocycles. The predicted octanol–water partition coefficient (Wildman–Crippen LogP) is 3.87. The van der Waals surface area contributed by atoms with Gasteiger partial charge in [-0.2, -0.15) is 20.1 Å². The normalized spacial score (nSPS) is 17.2. The van der Waals surface area contributed by atoms with Crippen LogP contribution in [0.3, 0.4) is 0 Å². The van der Waals surface area contributed by atoms with Crippen LogP contribution in [0.5, 0.6) is 0 Å². The Labute approximate surface area is 187 Å². The lowest BCUT2D eigenvalue weighted by molar-refractivity contribution is -0.384. The molecule has 0 atom stereocenters. The summed E-state index contributed by atoms with van der Waals surface area (Å²) >= 11 is 0. The standard InChI is InChI=1S/C22H28N8O2/c31-30(32)19-11-7-9-18(17-19)10-8-12-23-27-20-24-21(28-13-3-1-4-14-28)26-22(25-20)29-15-5-2-6-16-29/h7-12,17H,1-6,13-16H2,(H,24,25,26,27). The van der Waals surface area contributed by atoms with Gasteiger partial charge in [-0.05, 0) is 50.2 Å². The van der Waals surface area contributed by atoms with Gasteiger partial charge in [0, 0.05) is 44.5 Å². The molecule has 1 aromatic carbocycles. The summed E-state index contributed by atoms with van der Waals surface area (Å²) < 4.78 is 0. The zero-order valence-corrected chi connectivity index (χ0v) is 18.1. The number of hydrazone groups is 1. The van der Waals surface area contributed by atoms with E-state index in [-0.39, 0.29) is 5.69 Å². The molecule has 10 heteroatoms. The minimum absolute atomic E-state index is 0.0582. The van der Waals surface area contributed by atoms with Gasteiger partial charge in [0.05, 0.1) is 4.92 Å². The van der Waals surface area contributed by atoms with Crippen molar-refractivity contribution < 1.29 is 4.92 Å². The van der Waals surface area contributed by atoms with Crippen LogP contribution in [-0.2, 0) is 0 Å². The number of nitro groups is 1. The lowest BCUT2D eigenvalue weighted by atomic mass is 10.1. The molecule has 0 unspecified atom stereocenters. The number of hydrogen-bond donors (Lipinski definition) is 1. The Hall–Kier alpha value is -3.56. The average Bonchev–Trinajstić information content (AvgIpc) is 2.85. The highest BCUT2D eigenvalue weighted by molar-refractivity contribution is 5.79. The van der Waals surface area contributed by atoms with Crippen LogP contribution >= 0.6 is 0 Å². The number of rotatable bonds is 7. The molecule has 168 valence electrons. The minimum atomic E-state index is -0.409. The number of benzene rings is 1. The second-order valence-corrected chi connectivity index (χ2v) is 7.96. The molecule has 3 heterocycles. The van der Waals surface area contributed by atoms with Crippen molar-refractivity contribution in [2.75, 3.05) is 41.4 Å². The van der Waals surface area contributed by atoms with Crippen LogP contribution in [-0.4, -0.2) is 52.3 Å². The van der Waals surface area contributed by atoms with Gasteiger partial charge >= 0.3 is 0 Å². The van der Waals surface area contributed by atoms with E-state index < -0.39 is 4.92 Å². The molecular weight excluding hydrogens is 408 g/mol. The van der Waals surface area contributed by atoms with Gasteiger partial charge in [-0.3, -0.25) is 10.1 Å². The second-order valence-electron chi connectivity index (χ2n) is 7.96. The van der Waals surface area contributed by atoms with Crippen LogP contribution in [0.2, 0.25) is 0 Å². The molecule has 2 saturated heterocycles. The fourth-order valence-electron chi connectivity index (χ4n) is 3.91. The summed E-state index contributed by atoms with van der Waals surface area (Å²) in [5, 5.41) is 15.1. The average molecular weight is 437 g/mol. The first-order valence-electron chi connectivity index (χ1n) is 11.2. The van der Waals surface area contributed by atoms with E-state index in [0.29, 0.717) is 17.8 Å². The van der Waals surface area contributed by atoms with Gasteiger partial charge in [-0.15, -0.1) is 0 Å². The molecule has 4 rings (SSSR count). The Morgan fingerprint density at radius 3 is 2.16 bits per heavy atom. The van der Waals surface area contributed by atoms with E-state index in [1.54, 1.807) is 30.5 Å².